The molecule has 2 aliphatic carbocycles. The highest BCUT2D eigenvalue weighted by atomic mass is 35.5. The van der Waals surface area contributed by atoms with E-state index in [9.17, 15) is 19.2 Å². The summed E-state index contributed by atoms with van der Waals surface area (Å²) in [7, 11) is 0. The number of para-hydroxylation sites is 1. The van der Waals surface area contributed by atoms with Gasteiger partial charge in [-0.15, -0.1) is 23.2 Å². The van der Waals surface area contributed by atoms with Crippen LogP contribution in [0, 0.1) is 23.7 Å². The molecule has 2 bridgehead atoms. The van der Waals surface area contributed by atoms with Gasteiger partial charge < -0.3 is 10.1 Å². The highest BCUT2D eigenvalue weighted by molar-refractivity contribution is 6.33. The summed E-state index contributed by atoms with van der Waals surface area (Å²) in [5.74, 6) is -3.64. The summed E-state index contributed by atoms with van der Waals surface area (Å²) < 4.78 is 4.92. The number of fused-ring (bicyclic) bond motifs is 5. The van der Waals surface area contributed by atoms with E-state index in [1.54, 1.807) is 24.3 Å². The van der Waals surface area contributed by atoms with Gasteiger partial charge in [0.05, 0.1) is 33.3 Å². The number of nitrogens with zero attached hydrogens (tertiary/aromatic N) is 1. The molecule has 1 saturated heterocycles. The van der Waals surface area contributed by atoms with E-state index in [1.165, 1.54) is 0 Å². The topological polar surface area (TPSA) is 92.8 Å². The first-order chi connectivity index (χ1) is 13.8. The Labute approximate surface area is 181 Å². The molecule has 3 aliphatic rings. The van der Waals surface area contributed by atoms with Gasteiger partial charge in [0.15, 0.2) is 6.61 Å². The quantitative estimate of drug-likeness (QED) is 0.414. The minimum atomic E-state index is -0.849. The van der Waals surface area contributed by atoms with Crippen molar-refractivity contribution in [2.24, 2.45) is 23.7 Å². The lowest BCUT2D eigenvalue weighted by Crippen LogP contribution is -2.38. The zero-order valence-corrected chi connectivity index (χ0v) is 17.3. The molecular weight excluding hydrogens is 443 g/mol. The Bertz CT molecular complexity index is 862. The van der Waals surface area contributed by atoms with Gasteiger partial charge in [-0.25, -0.2) is 0 Å². The van der Waals surface area contributed by atoms with Crippen LogP contribution in [0.5, 0.6) is 0 Å². The summed E-state index contributed by atoms with van der Waals surface area (Å²) >= 11 is 18.5. The summed E-state index contributed by atoms with van der Waals surface area (Å²) in [6.45, 7) is -1.10. The van der Waals surface area contributed by atoms with Crippen molar-refractivity contribution in [3.05, 3.63) is 29.3 Å². The molecule has 1 aromatic rings. The number of amides is 3. The number of alkyl halides is 2. The number of halogens is 3. The predicted octanol–water partition coefficient (Wildman–Crippen LogP) is 2.29. The van der Waals surface area contributed by atoms with Crippen LogP contribution in [0.1, 0.15) is 6.42 Å². The van der Waals surface area contributed by atoms with Crippen LogP contribution in [-0.2, 0) is 23.9 Å². The Morgan fingerprint density at radius 3 is 2.24 bits per heavy atom. The largest absolute Gasteiger partial charge is 0.454 e. The fourth-order valence-corrected chi connectivity index (χ4v) is 5.71. The molecule has 0 aromatic heterocycles. The SMILES string of the molecule is O=C(COC(=O)CN1C(=O)[C@@H]2[C@H]3C[C@@H]([C@H](Cl)[C@H]3Cl)[C@H]2C1=O)Nc1ccccc1Cl. The van der Waals surface area contributed by atoms with Gasteiger partial charge in [0, 0.05) is 0 Å². The lowest BCUT2D eigenvalue weighted by Gasteiger charge is -2.28. The lowest BCUT2D eigenvalue weighted by atomic mass is 9.80. The molecule has 7 nitrogen and oxygen atoms in total. The first kappa shape index (κ1) is 20.4. The van der Waals surface area contributed by atoms with Gasteiger partial charge in [0.2, 0.25) is 11.8 Å². The average Bonchev–Trinajstić information content (AvgIpc) is 3.29. The van der Waals surface area contributed by atoms with Crippen LogP contribution in [0.2, 0.25) is 5.02 Å². The van der Waals surface area contributed by atoms with Crippen molar-refractivity contribution in [2.45, 2.75) is 17.2 Å². The third-order valence-corrected chi connectivity index (χ3v) is 7.53. The second-order valence-corrected chi connectivity index (χ2v) is 8.87. The average molecular weight is 460 g/mol. The molecule has 0 spiro atoms. The maximum Gasteiger partial charge on any atom is 0.326 e. The van der Waals surface area contributed by atoms with Crippen molar-refractivity contribution in [1.29, 1.82) is 0 Å². The number of ether oxygens (including phenoxy) is 1. The standard InChI is InChI=1S/C19H17Cl3N2O5/c20-10-3-1-2-4-11(10)23-12(25)7-29-13(26)6-24-18(27)14-8-5-9(15(14)19(24)28)17(22)16(8)21/h1-4,8-9,14-17H,5-7H2,(H,23,25)/t8-,9-,14-,15-,16+,17+/m1/s1. The number of anilines is 1. The van der Waals surface area contributed by atoms with Gasteiger partial charge in [0.25, 0.3) is 5.91 Å². The number of nitrogens with one attached hydrogen (secondary N) is 1. The minimum absolute atomic E-state index is 0.159. The van der Waals surface area contributed by atoms with E-state index in [0.717, 1.165) is 4.90 Å². The molecule has 29 heavy (non-hydrogen) atoms. The fourth-order valence-electron chi connectivity index (χ4n) is 4.64. The van der Waals surface area contributed by atoms with Crippen molar-refractivity contribution in [1.82, 2.24) is 4.90 Å². The molecule has 154 valence electrons. The van der Waals surface area contributed by atoms with Crippen LogP contribution in [0.4, 0.5) is 5.69 Å². The molecule has 2 saturated carbocycles. The first-order valence-electron chi connectivity index (χ1n) is 9.13. The van der Waals surface area contributed by atoms with Crippen LogP contribution in [0.15, 0.2) is 24.3 Å². The molecule has 1 aliphatic heterocycles. The van der Waals surface area contributed by atoms with E-state index in [1.807, 2.05) is 0 Å². The second-order valence-electron chi connectivity index (χ2n) is 7.46. The van der Waals surface area contributed by atoms with E-state index in [4.69, 9.17) is 39.5 Å². The molecule has 10 heteroatoms. The van der Waals surface area contributed by atoms with E-state index < -0.39 is 48.7 Å². The van der Waals surface area contributed by atoms with Gasteiger partial charge in [-0.3, -0.25) is 24.1 Å². The Morgan fingerprint density at radius 2 is 1.66 bits per heavy atom. The Hall–Kier alpha value is -1.83. The number of imide groups is 1. The van der Waals surface area contributed by atoms with Gasteiger partial charge in [0.1, 0.15) is 6.54 Å². The van der Waals surface area contributed by atoms with Gasteiger partial charge in [-0.1, -0.05) is 23.7 Å². The number of benzene rings is 1. The van der Waals surface area contributed by atoms with Crippen molar-refractivity contribution < 1.29 is 23.9 Å². The Morgan fingerprint density at radius 1 is 1.07 bits per heavy atom. The zero-order valence-electron chi connectivity index (χ0n) is 15.0. The van der Waals surface area contributed by atoms with Crippen LogP contribution >= 0.6 is 34.8 Å². The third kappa shape index (κ3) is 3.49. The number of rotatable bonds is 5. The van der Waals surface area contributed by atoms with E-state index in [0.29, 0.717) is 17.1 Å². The lowest BCUT2D eigenvalue weighted by molar-refractivity contribution is -0.154. The maximum atomic E-state index is 12.7. The third-order valence-electron chi connectivity index (χ3n) is 5.88. The van der Waals surface area contributed by atoms with Crippen LogP contribution in [0.3, 0.4) is 0 Å². The number of esters is 1. The molecule has 1 heterocycles. The highest BCUT2D eigenvalue weighted by Gasteiger charge is 2.66. The van der Waals surface area contributed by atoms with Crippen LogP contribution in [-0.4, -0.2) is 52.5 Å². The molecule has 3 amide bonds. The first-order valence-corrected chi connectivity index (χ1v) is 10.4. The zero-order chi connectivity index (χ0) is 20.9. The van der Waals surface area contributed by atoms with Crippen molar-refractivity contribution >= 4 is 64.2 Å². The summed E-state index contributed by atoms with van der Waals surface area (Å²) in [6, 6.07) is 6.61. The van der Waals surface area contributed by atoms with Gasteiger partial charge in [-0.2, -0.15) is 0 Å². The van der Waals surface area contributed by atoms with E-state index in [2.05, 4.69) is 5.32 Å². The highest BCUT2D eigenvalue weighted by Crippen LogP contribution is 2.59. The number of carbonyl (C=O) groups is 4. The predicted molar refractivity (Wildman–Crippen MR) is 106 cm³/mol. The molecule has 6 atom stereocenters. The normalized spacial score (nSPS) is 32.4. The smallest absolute Gasteiger partial charge is 0.326 e. The second kappa shape index (κ2) is 7.78. The molecule has 0 unspecified atom stereocenters. The minimum Gasteiger partial charge on any atom is -0.454 e. The molecule has 1 N–H and O–H groups in total. The van der Waals surface area contributed by atoms with Crippen molar-refractivity contribution in [3.8, 4) is 0 Å². The van der Waals surface area contributed by atoms with E-state index in [-0.39, 0.29) is 22.6 Å². The van der Waals surface area contributed by atoms with Gasteiger partial charge in [-0.05, 0) is 30.4 Å². The molecule has 1 aromatic carbocycles. The van der Waals surface area contributed by atoms with Crippen LogP contribution in [0.25, 0.3) is 0 Å². The summed E-state index contributed by atoms with van der Waals surface area (Å²) in [4.78, 5) is 50.3. The van der Waals surface area contributed by atoms with Crippen molar-refractivity contribution in [3.63, 3.8) is 0 Å². The number of likely N-dealkylation sites (tertiary alicyclic amines) is 1. The van der Waals surface area contributed by atoms with Crippen LogP contribution < -0.4 is 5.32 Å². The van der Waals surface area contributed by atoms with E-state index >= 15 is 0 Å². The Kier molecular flexibility index (Phi) is 5.48. The summed E-state index contributed by atoms with van der Waals surface area (Å²) in [5.41, 5.74) is 0.384. The Balaban J connectivity index is 1.32. The molecule has 4 rings (SSSR count). The monoisotopic (exact) mass is 458 g/mol. The number of hydrogen-bond donors (Lipinski definition) is 1. The maximum absolute atomic E-state index is 12.7. The fraction of sp³-hybridized carbons (Fsp3) is 0.474. The number of hydrogen-bond acceptors (Lipinski definition) is 5. The number of carbonyl (C=O) groups excluding carboxylic acids is 4. The molecular formula is C19H17Cl3N2O5. The van der Waals surface area contributed by atoms with Crippen molar-refractivity contribution in [2.75, 3.05) is 18.5 Å². The molecule has 3 fully saturated rings. The van der Waals surface area contributed by atoms with Gasteiger partial charge >= 0.3 is 5.97 Å². The summed E-state index contributed by atoms with van der Waals surface area (Å²) in [5, 5.41) is 2.14. The summed E-state index contributed by atoms with van der Waals surface area (Å²) in [6.07, 6.45) is 0.648. The molecule has 0 radical (unpaired) electrons.